The molecule has 0 radical (unpaired) electrons. The van der Waals surface area contributed by atoms with Crippen LogP contribution in [0.4, 0.5) is 0 Å². The monoisotopic (exact) mass is 204 g/mol. The van der Waals surface area contributed by atoms with E-state index >= 15 is 0 Å². The molecule has 15 heavy (non-hydrogen) atoms. The topological polar surface area (TPSA) is 15.3 Å². The Bertz CT molecular complexity index is 295. The van der Waals surface area contributed by atoms with Gasteiger partial charge in [0, 0.05) is 12.1 Å². The molecule has 2 nitrogen and oxygen atoms in total. The first-order valence-electron chi connectivity index (χ1n) is 5.72. The lowest BCUT2D eigenvalue weighted by molar-refractivity contribution is 0.207. The summed E-state index contributed by atoms with van der Waals surface area (Å²) in [5.74, 6) is 0. The molecule has 1 heterocycles. The molecule has 0 saturated carbocycles. The summed E-state index contributed by atoms with van der Waals surface area (Å²) in [5, 5.41) is 3.59. The van der Waals surface area contributed by atoms with Gasteiger partial charge < -0.3 is 10.2 Å². The van der Waals surface area contributed by atoms with Crippen LogP contribution in [-0.2, 0) is 0 Å². The second-order valence-electron chi connectivity index (χ2n) is 4.56. The Morgan fingerprint density at radius 3 is 2.60 bits per heavy atom. The smallest absolute Gasteiger partial charge is 0.0335 e. The van der Waals surface area contributed by atoms with Crippen molar-refractivity contribution in [2.24, 2.45) is 0 Å². The summed E-state index contributed by atoms with van der Waals surface area (Å²) in [5.41, 5.74) is 1.42. The fourth-order valence-electron chi connectivity index (χ4n) is 2.31. The summed E-state index contributed by atoms with van der Waals surface area (Å²) < 4.78 is 0. The van der Waals surface area contributed by atoms with E-state index in [9.17, 15) is 0 Å². The minimum atomic E-state index is 0.535. The van der Waals surface area contributed by atoms with E-state index in [1.165, 1.54) is 18.4 Å². The van der Waals surface area contributed by atoms with E-state index < -0.39 is 0 Å². The predicted molar refractivity (Wildman–Crippen MR) is 63.9 cm³/mol. The maximum absolute atomic E-state index is 3.59. The van der Waals surface area contributed by atoms with Gasteiger partial charge in [-0.15, -0.1) is 0 Å². The van der Waals surface area contributed by atoms with Crippen LogP contribution in [0.1, 0.15) is 24.4 Å². The van der Waals surface area contributed by atoms with Crippen LogP contribution in [0.3, 0.4) is 0 Å². The summed E-state index contributed by atoms with van der Waals surface area (Å²) >= 11 is 0. The van der Waals surface area contributed by atoms with E-state index in [1.807, 2.05) is 0 Å². The van der Waals surface area contributed by atoms with Crippen molar-refractivity contribution >= 4 is 0 Å². The van der Waals surface area contributed by atoms with Crippen molar-refractivity contribution in [3.05, 3.63) is 35.9 Å². The molecule has 1 aromatic carbocycles. The third-order valence-corrected chi connectivity index (χ3v) is 3.31. The fourth-order valence-corrected chi connectivity index (χ4v) is 2.31. The largest absolute Gasteiger partial charge is 0.310 e. The summed E-state index contributed by atoms with van der Waals surface area (Å²) in [6.07, 6.45) is 2.48. The van der Waals surface area contributed by atoms with Gasteiger partial charge in [-0.3, -0.25) is 0 Å². The van der Waals surface area contributed by atoms with Crippen LogP contribution in [-0.4, -0.2) is 31.6 Å². The van der Waals surface area contributed by atoms with Gasteiger partial charge >= 0.3 is 0 Å². The molecule has 2 atom stereocenters. The lowest BCUT2D eigenvalue weighted by Gasteiger charge is -2.34. The number of nitrogens with one attached hydrogen (secondary N) is 1. The van der Waals surface area contributed by atoms with Crippen molar-refractivity contribution in [2.45, 2.75) is 24.9 Å². The second kappa shape index (κ2) is 4.77. The van der Waals surface area contributed by atoms with Gasteiger partial charge in [0.1, 0.15) is 0 Å². The molecule has 0 unspecified atom stereocenters. The molecular weight excluding hydrogens is 184 g/mol. The molecule has 0 amide bonds. The molecule has 1 N–H and O–H groups in total. The highest BCUT2D eigenvalue weighted by molar-refractivity contribution is 5.19. The van der Waals surface area contributed by atoms with Crippen LogP contribution in [0.25, 0.3) is 0 Å². The number of nitrogens with zero attached hydrogens (tertiary/aromatic N) is 1. The highest BCUT2D eigenvalue weighted by Crippen LogP contribution is 2.24. The van der Waals surface area contributed by atoms with Gasteiger partial charge in [0.15, 0.2) is 0 Å². The number of benzene rings is 1. The normalized spacial score (nSPS) is 26.9. The summed E-state index contributed by atoms with van der Waals surface area (Å²) in [6, 6.07) is 12.0. The van der Waals surface area contributed by atoms with E-state index in [0.717, 1.165) is 12.6 Å². The first-order valence-corrected chi connectivity index (χ1v) is 5.72. The molecule has 82 valence electrons. The average molecular weight is 204 g/mol. The molecule has 1 saturated heterocycles. The van der Waals surface area contributed by atoms with Gasteiger partial charge in [0.25, 0.3) is 0 Å². The van der Waals surface area contributed by atoms with E-state index in [2.05, 4.69) is 54.6 Å². The molecule has 2 rings (SSSR count). The third kappa shape index (κ3) is 2.58. The molecule has 2 heteroatoms. The quantitative estimate of drug-likeness (QED) is 0.793. The van der Waals surface area contributed by atoms with Gasteiger partial charge in [-0.25, -0.2) is 0 Å². The van der Waals surface area contributed by atoms with E-state index in [4.69, 9.17) is 0 Å². The Morgan fingerprint density at radius 2 is 1.93 bits per heavy atom. The first kappa shape index (κ1) is 10.7. The maximum Gasteiger partial charge on any atom is 0.0335 e. The summed E-state index contributed by atoms with van der Waals surface area (Å²) in [4.78, 5) is 2.34. The highest BCUT2D eigenvalue weighted by Gasteiger charge is 2.23. The van der Waals surface area contributed by atoms with E-state index in [-0.39, 0.29) is 0 Å². The second-order valence-corrected chi connectivity index (χ2v) is 4.56. The Hall–Kier alpha value is -0.860. The summed E-state index contributed by atoms with van der Waals surface area (Å²) in [6.45, 7) is 1.13. The zero-order valence-corrected chi connectivity index (χ0v) is 9.61. The molecule has 1 aromatic rings. The lowest BCUT2D eigenvalue weighted by Crippen LogP contribution is -2.41. The fraction of sp³-hybridized carbons (Fsp3) is 0.538. The van der Waals surface area contributed by atoms with Crippen LogP contribution >= 0.6 is 0 Å². The number of hydrogen-bond donors (Lipinski definition) is 1. The Morgan fingerprint density at radius 1 is 1.20 bits per heavy atom. The van der Waals surface area contributed by atoms with E-state index in [1.54, 1.807) is 0 Å². The van der Waals surface area contributed by atoms with Gasteiger partial charge in [-0.05, 0) is 39.0 Å². The molecule has 0 aliphatic carbocycles. The van der Waals surface area contributed by atoms with Gasteiger partial charge in [0.05, 0.1) is 0 Å². The molecule has 1 aliphatic rings. The summed E-state index contributed by atoms with van der Waals surface area (Å²) in [7, 11) is 4.36. The molecular formula is C13H20N2. The standard InChI is InChI=1S/C13H20N2/c1-15(2)12-8-9-14-13(10-12)11-6-4-3-5-7-11/h3-7,12-14H,8-10H2,1-2H3/t12-,13-/m1/s1. The SMILES string of the molecule is CN(C)[C@@H]1CCN[C@@H](c2ccccc2)C1. The van der Waals surface area contributed by atoms with Gasteiger partial charge in [-0.1, -0.05) is 30.3 Å². The Kier molecular flexibility index (Phi) is 3.39. The zero-order chi connectivity index (χ0) is 10.7. The Balaban J connectivity index is 2.05. The Labute approximate surface area is 92.3 Å². The van der Waals surface area contributed by atoms with Crippen LogP contribution < -0.4 is 5.32 Å². The van der Waals surface area contributed by atoms with Crippen LogP contribution in [0.15, 0.2) is 30.3 Å². The van der Waals surface area contributed by atoms with Crippen LogP contribution in [0.2, 0.25) is 0 Å². The maximum atomic E-state index is 3.59. The van der Waals surface area contributed by atoms with Crippen LogP contribution in [0, 0.1) is 0 Å². The van der Waals surface area contributed by atoms with Crippen molar-refractivity contribution in [1.29, 1.82) is 0 Å². The average Bonchev–Trinajstić information content (AvgIpc) is 2.30. The number of piperidine rings is 1. The van der Waals surface area contributed by atoms with E-state index in [0.29, 0.717) is 6.04 Å². The molecule has 0 spiro atoms. The first-order chi connectivity index (χ1) is 7.27. The minimum Gasteiger partial charge on any atom is -0.310 e. The lowest BCUT2D eigenvalue weighted by atomic mass is 9.93. The molecule has 1 aliphatic heterocycles. The molecule has 0 aromatic heterocycles. The van der Waals surface area contributed by atoms with Crippen molar-refractivity contribution in [3.63, 3.8) is 0 Å². The molecule has 1 fully saturated rings. The van der Waals surface area contributed by atoms with Crippen molar-refractivity contribution < 1.29 is 0 Å². The predicted octanol–water partition coefficient (Wildman–Crippen LogP) is 2.04. The van der Waals surface area contributed by atoms with Crippen molar-refractivity contribution in [1.82, 2.24) is 10.2 Å². The van der Waals surface area contributed by atoms with Crippen molar-refractivity contribution in [3.8, 4) is 0 Å². The number of hydrogen-bond acceptors (Lipinski definition) is 2. The van der Waals surface area contributed by atoms with Crippen molar-refractivity contribution in [2.75, 3.05) is 20.6 Å². The number of rotatable bonds is 2. The van der Waals surface area contributed by atoms with Crippen LogP contribution in [0.5, 0.6) is 0 Å². The minimum absolute atomic E-state index is 0.535. The van der Waals surface area contributed by atoms with Gasteiger partial charge in [0.2, 0.25) is 0 Å². The third-order valence-electron chi connectivity index (χ3n) is 3.31. The zero-order valence-electron chi connectivity index (χ0n) is 9.61. The molecule has 0 bridgehead atoms. The highest BCUT2D eigenvalue weighted by atomic mass is 15.1. The van der Waals surface area contributed by atoms with Gasteiger partial charge in [-0.2, -0.15) is 0 Å².